The van der Waals surface area contributed by atoms with E-state index in [-0.39, 0.29) is 30.9 Å². The lowest BCUT2D eigenvalue weighted by Crippen LogP contribution is -2.49. The van der Waals surface area contributed by atoms with Gasteiger partial charge in [0.05, 0.1) is 6.42 Å². The Hall–Kier alpha value is -2.90. The fraction of sp³-hybridized carbons (Fsp3) is 0.348. The Morgan fingerprint density at radius 1 is 1.03 bits per heavy atom. The molecule has 0 unspecified atom stereocenters. The maximum Gasteiger partial charge on any atom is 0.410 e. The zero-order chi connectivity index (χ0) is 21.8. The Labute approximate surface area is 185 Å². The van der Waals surface area contributed by atoms with Crippen molar-refractivity contribution in [2.45, 2.75) is 19.4 Å². The van der Waals surface area contributed by atoms with E-state index in [9.17, 15) is 14.4 Å². The predicted molar refractivity (Wildman–Crippen MR) is 114 cm³/mol. The molecule has 0 N–H and O–H groups in total. The number of nitrogens with zero attached hydrogens (tertiary/aromatic N) is 2. The number of Topliss-reactive ketones (excluding diaryl/α,β-unsaturated/α-hetero) is 1. The van der Waals surface area contributed by atoms with Crippen LogP contribution in [0.15, 0.2) is 42.5 Å². The quantitative estimate of drug-likeness (QED) is 0.388. The number of carbonyl (C=O) groups excluding carboxylic acids is 3. The van der Waals surface area contributed by atoms with Gasteiger partial charge < -0.3 is 14.4 Å². The second-order valence-electron chi connectivity index (χ2n) is 7.66. The Morgan fingerprint density at radius 2 is 1.77 bits per heavy atom. The van der Waals surface area contributed by atoms with Crippen LogP contribution in [-0.4, -0.2) is 60.4 Å². The number of ether oxygens (including phenoxy) is 2. The molecule has 2 aromatic carbocycles. The van der Waals surface area contributed by atoms with Gasteiger partial charge in [0.2, 0.25) is 0 Å². The molecule has 31 heavy (non-hydrogen) atoms. The summed E-state index contributed by atoms with van der Waals surface area (Å²) < 4.78 is 10.5. The first kappa shape index (κ1) is 21.3. The molecule has 0 aromatic heterocycles. The van der Waals surface area contributed by atoms with Crippen molar-refractivity contribution in [2.75, 3.05) is 32.7 Å². The zero-order valence-electron chi connectivity index (χ0n) is 17.0. The van der Waals surface area contributed by atoms with Crippen LogP contribution in [-0.2, 0) is 22.6 Å². The molecule has 2 aromatic rings. The molecule has 2 heterocycles. The number of esters is 1. The molecule has 0 aliphatic carbocycles. The zero-order valence-corrected chi connectivity index (χ0v) is 17.8. The van der Waals surface area contributed by atoms with Crippen LogP contribution < -0.4 is 4.74 Å². The fourth-order valence-electron chi connectivity index (χ4n) is 3.66. The van der Waals surface area contributed by atoms with Crippen molar-refractivity contribution in [3.05, 3.63) is 64.2 Å². The van der Waals surface area contributed by atoms with Crippen molar-refractivity contribution in [1.29, 1.82) is 0 Å². The summed E-state index contributed by atoms with van der Waals surface area (Å²) in [6, 6.07) is 12.4. The highest BCUT2D eigenvalue weighted by Gasteiger charge is 2.24. The summed E-state index contributed by atoms with van der Waals surface area (Å²) in [5.74, 6) is 0.210. The number of ketones is 1. The van der Waals surface area contributed by atoms with E-state index >= 15 is 0 Å². The van der Waals surface area contributed by atoms with Crippen molar-refractivity contribution in [2.24, 2.45) is 0 Å². The van der Waals surface area contributed by atoms with Gasteiger partial charge in [-0.1, -0.05) is 35.9 Å². The minimum atomic E-state index is -0.335. The van der Waals surface area contributed by atoms with Gasteiger partial charge in [0.25, 0.3) is 0 Å². The molecular formula is C23H23ClN2O5. The summed E-state index contributed by atoms with van der Waals surface area (Å²) in [7, 11) is 0. The lowest BCUT2D eigenvalue weighted by atomic mass is 10.0. The van der Waals surface area contributed by atoms with Crippen LogP contribution in [0.4, 0.5) is 4.79 Å². The van der Waals surface area contributed by atoms with Crippen molar-refractivity contribution < 1.29 is 23.9 Å². The topological polar surface area (TPSA) is 76.2 Å². The Bertz CT molecular complexity index is 984. The highest BCUT2D eigenvalue weighted by atomic mass is 35.5. The van der Waals surface area contributed by atoms with E-state index in [1.807, 2.05) is 12.1 Å². The lowest BCUT2D eigenvalue weighted by Gasteiger charge is -2.33. The third-order valence-electron chi connectivity index (χ3n) is 5.51. The Morgan fingerprint density at radius 3 is 2.52 bits per heavy atom. The normalized spacial score (nSPS) is 16.0. The van der Waals surface area contributed by atoms with Crippen molar-refractivity contribution in [1.82, 2.24) is 9.80 Å². The molecule has 2 aliphatic heterocycles. The number of halogens is 1. The summed E-state index contributed by atoms with van der Waals surface area (Å²) in [6.07, 6.45) is 0.294. The van der Waals surface area contributed by atoms with Crippen molar-refractivity contribution in [3.63, 3.8) is 0 Å². The molecule has 4 rings (SSSR count). The molecule has 162 valence electrons. The van der Waals surface area contributed by atoms with Crippen LogP contribution >= 0.6 is 11.6 Å². The molecule has 0 saturated carbocycles. The van der Waals surface area contributed by atoms with Gasteiger partial charge in [-0.25, -0.2) is 4.79 Å². The average Bonchev–Trinajstić information content (AvgIpc) is 3.16. The molecule has 0 spiro atoms. The first-order valence-corrected chi connectivity index (χ1v) is 10.6. The molecule has 0 bridgehead atoms. The van der Waals surface area contributed by atoms with Crippen LogP contribution in [0.25, 0.3) is 0 Å². The molecule has 0 radical (unpaired) electrons. The smallest absolute Gasteiger partial charge is 0.410 e. The number of piperazine rings is 1. The van der Waals surface area contributed by atoms with Crippen LogP contribution in [0, 0.1) is 0 Å². The lowest BCUT2D eigenvalue weighted by molar-refractivity contribution is -0.131. The third-order valence-corrected chi connectivity index (χ3v) is 5.76. The van der Waals surface area contributed by atoms with Crippen LogP contribution in [0.1, 0.15) is 27.9 Å². The SMILES string of the molecule is O=C1Cc2ccc(C(=O)CCN3CCN(C(=O)OCc4ccc(Cl)cc4)CC3)cc2O1. The number of rotatable bonds is 6. The van der Waals surface area contributed by atoms with Gasteiger partial charge in [0.15, 0.2) is 5.78 Å². The van der Waals surface area contributed by atoms with Crippen molar-refractivity contribution >= 4 is 29.4 Å². The summed E-state index contributed by atoms with van der Waals surface area (Å²) >= 11 is 5.86. The molecule has 7 nitrogen and oxygen atoms in total. The maximum atomic E-state index is 12.5. The first-order chi connectivity index (χ1) is 15.0. The molecule has 1 saturated heterocycles. The number of benzene rings is 2. The molecular weight excluding hydrogens is 420 g/mol. The summed E-state index contributed by atoms with van der Waals surface area (Å²) in [6.45, 7) is 3.31. The minimum Gasteiger partial charge on any atom is -0.445 e. The molecule has 2 aliphatic rings. The standard InChI is InChI=1S/C23H23ClN2O5/c24-19-5-1-16(2-6-19)15-30-23(29)26-11-9-25(10-12-26)8-7-20(27)17-3-4-18-14-22(28)31-21(18)13-17/h1-6,13H,7-12,14-15H2. The van der Waals surface area contributed by atoms with Gasteiger partial charge in [-0.3, -0.25) is 14.5 Å². The minimum absolute atomic E-state index is 0.00977. The number of amides is 1. The highest BCUT2D eigenvalue weighted by molar-refractivity contribution is 6.30. The Kier molecular flexibility index (Phi) is 6.53. The third kappa shape index (κ3) is 5.42. The molecule has 0 atom stereocenters. The van der Waals surface area contributed by atoms with Gasteiger partial charge >= 0.3 is 12.1 Å². The summed E-state index contributed by atoms with van der Waals surface area (Å²) in [5, 5.41) is 0.643. The number of fused-ring (bicyclic) bond motifs is 1. The largest absolute Gasteiger partial charge is 0.445 e. The van der Waals surface area contributed by atoms with E-state index in [1.54, 1.807) is 35.2 Å². The predicted octanol–water partition coefficient (Wildman–Crippen LogP) is 3.33. The fourth-order valence-corrected chi connectivity index (χ4v) is 3.78. The summed E-state index contributed by atoms with van der Waals surface area (Å²) in [4.78, 5) is 40.0. The second kappa shape index (κ2) is 9.49. The number of hydrogen-bond donors (Lipinski definition) is 0. The van der Waals surface area contributed by atoms with Crippen LogP contribution in [0.5, 0.6) is 5.75 Å². The van der Waals surface area contributed by atoms with Gasteiger partial charge in [-0.2, -0.15) is 0 Å². The van der Waals surface area contributed by atoms with E-state index in [2.05, 4.69) is 4.90 Å². The van der Waals surface area contributed by atoms with E-state index < -0.39 is 0 Å². The first-order valence-electron chi connectivity index (χ1n) is 10.2. The van der Waals surface area contributed by atoms with Gasteiger partial charge in [0, 0.05) is 55.3 Å². The monoisotopic (exact) mass is 442 g/mol. The van der Waals surface area contributed by atoms with Crippen molar-refractivity contribution in [3.8, 4) is 5.75 Å². The van der Waals surface area contributed by atoms with Gasteiger partial charge in [-0.15, -0.1) is 0 Å². The van der Waals surface area contributed by atoms with E-state index in [4.69, 9.17) is 21.1 Å². The van der Waals surface area contributed by atoms with Crippen LogP contribution in [0.2, 0.25) is 5.02 Å². The maximum absolute atomic E-state index is 12.5. The molecule has 8 heteroatoms. The molecule has 1 amide bonds. The highest BCUT2D eigenvalue weighted by Crippen LogP contribution is 2.27. The van der Waals surface area contributed by atoms with E-state index in [1.165, 1.54) is 0 Å². The van der Waals surface area contributed by atoms with Gasteiger partial charge in [0.1, 0.15) is 12.4 Å². The van der Waals surface area contributed by atoms with E-state index in [0.29, 0.717) is 55.5 Å². The van der Waals surface area contributed by atoms with Gasteiger partial charge in [-0.05, 0) is 23.8 Å². The van der Waals surface area contributed by atoms with E-state index in [0.717, 1.165) is 11.1 Å². The Balaban J connectivity index is 1.19. The average molecular weight is 443 g/mol. The number of hydrogen-bond acceptors (Lipinski definition) is 6. The van der Waals surface area contributed by atoms with Crippen LogP contribution in [0.3, 0.4) is 0 Å². The summed E-state index contributed by atoms with van der Waals surface area (Å²) in [5.41, 5.74) is 2.26. The molecule has 1 fully saturated rings. The number of carbonyl (C=O) groups is 3. The second-order valence-corrected chi connectivity index (χ2v) is 8.09.